The zero-order valence-electron chi connectivity index (χ0n) is 11.0. The summed E-state index contributed by atoms with van der Waals surface area (Å²) < 4.78 is 5.87. The summed E-state index contributed by atoms with van der Waals surface area (Å²) in [7, 11) is 0. The van der Waals surface area contributed by atoms with Crippen LogP contribution < -0.4 is 15.4 Å². The van der Waals surface area contributed by atoms with Crippen LogP contribution in [0.5, 0.6) is 11.5 Å². The molecule has 4 nitrogen and oxygen atoms in total. The van der Waals surface area contributed by atoms with E-state index >= 15 is 0 Å². The summed E-state index contributed by atoms with van der Waals surface area (Å²) >= 11 is 0. The predicted molar refractivity (Wildman–Crippen MR) is 77.9 cm³/mol. The van der Waals surface area contributed by atoms with Gasteiger partial charge in [-0.15, -0.1) is 0 Å². The van der Waals surface area contributed by atoms with Crippen molar-refractivity contribution in [2.45, 2.75) is 12.5 Å². The Morgan fingerprint density at radius 2 is 1.75 bits per heavy atom. The highest BCUT2D eigenvalue weighted by molar-refractivity contribution is 6.00. The Bertz CT molecular complexity index is 613. The highest BCUT2D eigenvalue weighted by Crippen LogP contribution is 2.34. The highest BCUT2D eigenvalue weighted by Gasteiger charge is 2.31. The van der Waals surface area contributed by atoms with Crippen LogP contribution in [0.15, 0.2) is 54.6 Å². The molecule has 1 aliphatic heterocycles. The van der Waals surface area contributed by atoms with Gasteiger partial charge in [0.25, 0.3) is 0 Å². The van der Waals surface area contributed by atoms with E-state index in [0.717, 1.165) is 11.4 Å². The van der Waals surface area contributed by atoms with E-state index < -0.39 is 6.04 Å². The van der Waals surface area contributed by atoms with Crippen molar-refractivity contribution in [2.24, 2.45) is 5.73 Å². The molecule has 0 aromatic heterocycles. The Hall–Kier alpha value is -2.33. The average Bonchev–Trinajstić information content (AvgIpc) is 2.81. The molecule has 2 aromatic carbocycles. The van der Waals surface area contributed by atoms with E-state index in [1.165, 1.54) is 0 Å². The number of benzene rings is 2. The number of carbonyl (C=O) groups is 1. The maximum Gasteiger partial charge on any atom is 0.244 e. The van der Waals surface area contributed by atoms with Crippen molar-refractivity contribution in [1.82, 2.24) is 0 Å². The van der Waals surface area contributed by atoms with Gasteiger partial charge in [-0.05, 0) is 30.7 Å². The van der Waals surface area contributed by atoms with Crippen LogP contribution in [0, 0.1) is 0 Å². The fraction of sp³-hybridized carbons (Fsp3) is 0.188. The van der Waals surface area contributed by atoms with Crippen molar-refractivity contribution in [3.63, 3.8) is 0 Å². The third-order valence-corrected chi connectivity index (χ3v) is 3.37. The molecule has 1 fully saturated rings. The van der Waals surface area contributed by atoms with E-state index in [2.05, 4.69) is 0 Å². The maximum atomic E-state index is 12.1. The van der Waals surface area contributed by atoms with Crippen molar-refractivity contribution >= 4 is 11.6 Å². The number of anilines is 1. The van der Waals surface area contributed by atoms with E-state index in [1.807, 2.05) is 54.6 Å². The molecular formula is C16H16N2O2. The van der Waals surface area contributed by atoms with Gasteiger partial charge in [0.2, 0.25) is 5.91 Å². The second-order valence-corrected chi connectivity index (χ2v) is 4.77. The van der Waals surface area contributed by atoms with Gasteiger partial charge in [-0.3, -0.25) is 4.79 Å². The Kier molecular flexibility index (Phi) is 3.39. The molecular weight excluding hydrogens is 252 g/mol. The molecule has 1 amide bonds. The number of nitrogens with zero attached hydrogens (tertiary/aromatic N) is 1. The van der Waals surface area contributed by atoms with Crippen LogP contribution in [0.2, 0.25) is 0 Å². The molecule has 1 saturated heterocycles. The smallest absolute Gasteiger partial charge is 0.244 e. The second kappa shape index (κ2) is 5.35. The Morgan fingerprint density at radius 3 is 2.45 bits per heavy atom. The molecule has 0 aliphatic carbocycles. The number of amides is 1. The number of hydrogen-bond donors (Lipinski definition) is 1. The molecule has 2 aromatic rings. The molecule has 4 heteroatoms. The monoisotopic (exact) mass is 268 g/mol. The Morgan fingerprint density at radius 1 is 1.05 bits per heavy atom. The topological polar surface area (TPSA) is 55.6 Å². The molecule has 0 saturated carbocycles. The molecule has 0 radical (unpaired) electrons. The first-order valence-electron chi connectivity index (χ1n) is 6.64. The number of ether oxygens (including phenoxy) is 1. The lowest BCUT2D eigenvalue weighted by Crippen LogP contribution is -2.34. The van der Waals surface area contributed by atoms with Crippen molar-refractivity contribution in [3.05, 3.63) is 54.6 Å². The van der Waals surface area contributed by atoms with Gasteiger partial charge in [0.1, 0.15) is 5.75 Å². The van der Waals surface area contributed by atoms with Gasteiger partial charge in [-0.2, -0.15) is 0 Å². The first-order chi connectivity index (χ1) is 9.75. The minimum atomic E-state index is -0.403. The van der Waals surface area contributed by atoms with E-state index in [-0.39, 0.29) is 5.91 Å². The standard InChI is InChI=1S/C16H16N2O2/c17-13-10-11-18(16(13)19)14-8-4-5-9-15(14)20-12-6-2-1-3-7-12/h1-9,13H,10-11,17H2. The van der Waals surface area contributed by atoms with Crippen molar-refractivity contribution < 1.29 is 9.53 Å². The molecule has 1 unspecified atom stereocenters. The molecule has 0 spiro atoms. The van der Waals surface area contributed by atoms with E-state index in [0.29, 0.717) is 18.7 Å². The van der Waals surface area contributed by atoms with Gasteiger partial charge in [0.15, 0.2) is 5.75 Å². The lowest BCUT2D eigenvalue weighted by atomic mass is 10.2. The summed E-state index contributed by atoms with van der Waals surface area (Å²) in [6.45, 7) is 0.634. The number of nitrogens with two attached hydrogens (primary N) is 1. The summed E-state index contributed by atoms with van der Waals surface area (Å²) in [6.07, 6.45) is 0.679. The van der Waals surface area contributed by atoms with Gasteiger partial charge >= 0.3 is 0 Å². The summed E-state index contributed by atoms with van der Waals surface area (Å²) in [6, 6.07) is 16.6. The van der Waals surface area contributed by atoms with Crippen LogP contribution >= 0.6 is 0 Å². The number of hydrogen-bond acceptors (Lipinski definition) is 3. The van der Waals surface area contributed by atoms with Crippen LogP contribution in [0.4, 0.5) is 5.69 Å². The fourth-order valence-electron chi connectivity index (χ4n) is 2.32. The molecule has 1 heterocycles. The quantitative estimate of drug-likeness (QED) is 0.930. The Labute approximate surface area is 117 Å². The largest absolute Gasteiger partial charge is 0.455 e. The second-order valence-electron chi connectivity index (χ2n) is 4.77. The maximum absolute atomic E-state index is 12.1. The summed E-state index contributed by atoms with van der Waals surface area (Å²) in [5.41, 5.74) is 6.55. The summed E-state index contributed by atoms with van der Waals surface area (Å²) in [4.78, 5) is 13.8. The zero-order chi connectivity index (χ0) is 13.9. The minimum absolute atomic E-state index is 0.0471. The molecule has 1 atom stereocenters. The van der Waals surface area contributed by atoms with Gasteiger partial charge in [0.05, 0.1) is 11.7 Å². The van der Waals surface area contributed by atoms with Gasteiger partial charge < -0.3 is 15.4 Å². The molecule has 0 bridgehead atoms. The number of para-hydroxylation sites is 3. The summed E-state index contributed by atoms with van der Waals surface area (Å²) in [5.74, 6) is 1.37. The van der Waals surface area contributed by atoms with Gasteiger partial charge in [0, 0.05) is 6.54 Å². The minimum Gasteiger partial charge on any atom is -0.455 e. The molecule has 20 heavy (non-hydrogen) atoms. The van der Waals surface area contributed by atoms with Crippen molar-refractivity contribution in [2.75, 3.05) is 11.4 Å². The normalized spacial score (nSPS) is 18.4. The third-order valence-electron chi connectivity index (χ3n) is 3.37. The van der Waals surface area contributed by atoms with Crippen LogP contribution in [0.1, 0.15) is 6.42 Å². The third kappa shape index (κ3) is 2.38. The average molecular weight is 268 g/mol. The molecule has 1 aliphatic rings. The van der Waals surface area contributed by atoms with E-state index in [9.17, 15) is 4.79 Å². The van der Waals surface area contributed by atoms with Crippen molar-refractivity contribution in [1.29, 1.82) is 0 Å². The number of rotatable bonds is 3. The molecule has 3 rings (SSSR count). The summed E-state index contributed by atoms with van der Waals surface area (Å²) in [5, 5.41) is 0. The predicted octanol–water partition coefficient (Wildman–Crippen LogP) is 2.54. The first kappa shape index (κ1) is 12.7. The molecule has 102 valence electrons. The van der Waals surface area contributed by atoms with Crippen LogP contribution in [-0.2, 0) is 4.79 Å². The van der Waals surface area contributed by atoms with E-state index in [1.54, 1.807) is 4.90 Å². The SMILES string of the molecule is NC1CCN(c2ccccc2Oc2ccccc2)C1=O. The van der Waals surface area contributed by atoms with Gasteiger partial charge in [-0.25, -0.2) is 0 Å². The van der Waals surface area contributed by atoms with Crippen LogP contribution in [0.25, 0.3) is 0 Å². The number of carbonyl (C=O) groups excluding carboxylic acids is 1. The highest BCUT2D eigenvalue weighted by atomic mass is 16.5. The van der Waals surface area contributed by atoms with Crippen LogP contribution in [-0.4, -0.2) is 18.5 Å². The first-order valence-corrected chi connectivity index (χ1v) is 6.64. The lowest BCUT2D eigenvalue weighted by Gasteiger charge is -2.19. The van der Waals surface area contributed by atoms with E-state index in [4.69, 9.17) is 10.5 Å². The Balaban J connectivity index is 1.91. The lowest BCUT2D eigenvalue weighted by molar-refractivity contribution is -0.118. The van der Waals surface area contributed by atoms with Crippen LogP contribution in [0.3, 0.4) is 0 Å². The van der Waals surface area contributed by atoms with Crippen molar-refractivity contribution in [3.8, 4) is 11.5 Å². The fourth-order valence-corrected chi connectivity index (χ4v) is 2.32. The molecule has 2 N–H and O–H groups in total. The zero-order valence-corrected chi connectivity index (χ0v) is 11.0. The van der Waals surface area contributed by atoms with Gasteiger partial charge in [-0.1, -0.05) is 30.3 Å².